The Hall–Kier alpha value is -2.29. The quantitative estimate of drug-likeness (QED) is 0.769. The van der Waals surface area contributed by atoms with Crippen LogP contribution in [0.1, 0.15) is 11.3 Å². The number of fused-ring (bicyclic) bond motifs is 2. The van der Waals surface area contributed by atoms with Crippen molar-refractivity contribution in [3.63, 3.8) is 0 Å². The van der Waals surface area contributed by atoms with Crippen molar-refractivity contribution in [3.05, 3.63) is 59.8 Å². The topological polar surface area (TPSA) is 29.9 Å². The van der Waals surface area contributed by atoms with Crippen LogP contribution in [0.25, 0.3) is 10.9 Å². The molecule has 1 N–H and O–H groups in total. The van der Waals surface area contributed by atoms with Gasteiger partial charge in [-0.1, -0.05) is 36.4 Å². The fourth-order valence-electron chi connectivity index (χ4n) is 3.17. The van der Waals surface area contributed by atoms with Crippen LogP contribution in [0.2, 0.25) is 0 Å². The number of nitrogens with one attached hydrogen (secondary N) is 1. The number of rotatable bonds is 2. The number of hydrogen-bond acceptors (Lipinski definition) is 2. The third-order valence-corrected chi connectivity index (χ3v) is 4.12. The second-order valence-electron chi connectivity index (χ2n) is 5.49. The fourth-order valence-corrected chi connectivity index (χ4v) is 3.17. The van der Waals surface area contributed by atoms with Crippen molar-refractivity contribution < 1.29 is 0 Å². The summed E-state index contributed by atoms with van der Waals surface area (Å²) in [5.74, 6) is 0. The summed E-state index contributed by atoms with van der Waals surface area (Å²) >= 11 is 0. The minimum atomic E-state index is 0.450. The SMILES string of the molecule is Cn1nc(CC2Cc3ccccc3N2)c2ccccc21. The number of para-hydroxylation sites is 2. The molecule has 0 bridgehead atoms. The van der Waals surface area contributed by atoms with Crippen LogP contribution < -0.4 is 5.32 Å². The number of aromatic nitrogens is 2. The van der Waals surface area contributed by atoms with Crippen molar-refractivity contribution in [1.82, 2.24) is 9.78 Å². The van der Waals surface area contributed by atoms with Gasteiger partial charge in [-0.3, -0.25) is 4.68 Å². The van der Waals surface area contributed by atoms with Gasteiger partial charge in [0.15, 0.2) is 0 Å². The normalized spacial score (nSPS) is 17.1. The van der Waals surface area contributed by atoms with Gasteiger partial charge in [0.1, 0.15) is 0 Å². The van der Waals surface area contributed by atoms with Crippen molar-refractivity contribution in [2.24, 2.45) is 7.05 Å². The smallest absolute Gasteiger partial charge is 0.0723 e. The molecule has 3 aromatic rings. The molecule has 0 saturated heterocycles. The van der Waals surface area contributed by atoms with E-state index in [4.69, 9.17) is 5.10 Å². The van der Waals surface area contributed by atoms with Gasteiger partial charge in [-0.25, -0.2) is 0 Å². The second kappa shape index (κ2) is 4.37. The highest BCUT2D eigenvalue weighted by molar-refractivity contribution is 5.82. The zero-order valence-corrected chi connectivity index (χ0v) is 11.5. The van der Waals surface area contributed by atoms with Crippen molar-refractivity contribution in [2.45, 2.75) is 18.9 Å². The summed E-state index contributed by atoms with van der Waals surface area (Å²) in [7, 11) is 2.02. The van der Waals surface area contributed by atoms with Gasteiger partial charge in [-0.15, -0.1) is 0 Å². The van der Waals surface area contributed by atoms with E-state index >= 15 is 0 Å². The van der Waals surface area contributed by atoms with Crippen LogP contribution in [0.3, 0.4) is 0 Å². The first-order valence-electron chi connectivity index (χ1n) is 7.06. The lowest BCUT2D eigenvalue weighted by Gasteiger charge is -2.09. The highest BCUT2D eigenvalue weighted by Gasteiger charge is 2.22. The molecule has 1 aliphatic rings. The number of nitrogens with zero attached hydrogens (tertiary/aromatic N) is 2. The summed E-state index contributed by atoms with van der Waals surface area (Å²) in [5, 5.41) is 9.57. The summed E-state index contributed by atoms with van der Waals surface area (Å²) < 4.78 is 1.98. The molecule has 3 nitrogen and oxygen atoms in total. The molecular weight excluding hydrogens is 246 g/mol. The summed E-state index contributed by atoms with van der Waals surface area (Å²) in [6, 6.07) is 17.5. The molecule has 0 amide bonds. The van der Waals surface area contributed by atoms with Crippen LogP contribution in [0, 0.1) is 0 Å². The van der Waals surface area contributed by atoms with E-state index in [1.54, 1.807) is 0 Å². The Morgan fingerprint density at radius 2 is 1.95 bits per heavy atom. The van der Waals surface area contributed by atoms with Gasteiger partial charge in [0.2, 0.25) is 0 Å². The average Bonchev–Trinajstić information content (AvgIpc) is 3.01. The van der Waals surface area contributed by atoms with E-state index in [1.807, 2.05) is 11.7 Å². The van der Waals surface area contributed by atoms with Gasteiger partial charge >= 0.3 is 0 Å². The first-order chi connectivity index (χ1) is 9.81. The van der Waals surface area contributed by atoms with Crippen LogP contribution in [0.4, 0.5) is 5.69 Å². The maximum absolute atomic E-state index is 4.69. The van der Waals surface area contributed by atoms with Gasteiger partial charge in [0.25, 0.3) is 0 Å². The van der Waals surface area contributed by atoms with Crippen molar-refractivity contribution in [1.29, 1.82) is 0 Å². The van der Waals surface area contributed by atoms with E-state index in [2.05, 4.69) is 53.8 Å². The van der Waals surface area contributed by atoms with E-state index in [-0.39, 0.29) is 0 Å². The van der Waals surface area contributed by atoms with Gasteiger partial charge < -0.3 is 5.32 Å². The largest absolute Gasteiger partial charge is 0.381 e. The van der Waals surface area contributed by atoms with E-state index in [0.29, 0.717) is 6.04 Å². The number of aryl methyl sites for hydroxylation is 1. The highest BCUT2D eigenvalue weighted by atomic mass is 15.3. The van der Waals surface area contributed by atoms with Crippen LogP contribution >= 0.6 is 0 Å². The van der Waals surface area contributed by atoms with Crippen LogP contribution in [-0.2, 0) is 19.9 Å². The Balaban J connectivity index is 1.64. The maximum atomic E-state index is 4.69. The lowest BCUT2D eigenvalue weighted by atomic mass is 10.0. The van der Waals surface area contributed by atoms with Gasteiger partial charge in [0, 0.05) is 30.6 Å². The maximum Gasteiger partial charge on any atom is 0.0723 e. The minimum absolute atomic E-state index is 0.450. The van der Waals surface area contributed by atoms with Crippen LogP contribution in [0.15, 0.2) is 48.5 Å². The van der Waals surface area contributed by atoms with E-state index in [0.717, 1.165) is 12.8 Å². The summed E-state index contributed by atoms with van der Waals surface area (Å²) in [5.41, 5.74) is 5.09. The molecule has 3 heteroatoms. The predicted octanol–water partition coefficient (Wildman–Crippen LogP) is 3.15. The second-order valence-corrected chi connectivity index (χ2v) is 5.49. The molecular formula is C17H17N3. The van der Waals surface area contributed by atoms with Gasteiger partial charge in [0.05, 0.1) is 11.2 Å². The predicted molar refractivity (Wildman–Crippen MR) is 82.0 cm³/mol. The molecule has 0 saturated carbocycles. The van der Waals surface area contributed by atoms with Crippen molar-refractivity contribution >= 4 is 16.6 Å². The Morgan fingerprint density at radius 3 is 2.85 bits per heavy atom. The first kappa shape index (κ1) is 11.5. The Bertz CT molecular complexity index is 748. The van der Waals surface area contributed by atoms with E-state index in [1.165, 1.54) is 27.8 Å². The molecule has 0 aliphatic carbocycles. The van der Waals surface area contributed by atoms with Gasteiger partial charge in [-0.05, 0) is 24.1 Å². The molecule has 0 spiro atoms. The van der Waals surface area contributed by atoms with Gasteiger partial charge in [-0.2, -0.15) is 5.10 Å². The lowest BCUT2D eigenvalue weighted by molar-refractivity contribution is 0.699. The molecule has 4 rings (SSSR count). The number of benzene rings is 2. The standard InChI is InChI=1S/C17H17N3/c1-20-17-9-5-3-7-14(17)16(19-20)11-13-10-12-6-2-4-8-15(12)18-13/h2-9,13,18H,10-11H2,1H3. The molecule has 2 heterocycles. The summed E-state index contributed by atoms with van der Waals surface area (Å²) in [4.78, 5) is 0. The molecule has 1 aromatic heterocycles. The summed E-state index contributed by atoms with van der Waals surface area (Å²) in [6.07, 6.45) is 2.05. The lowest BCUT2D eigenvalue weighted by Crippen LogP contribution is -2.19. The molecule has 100 valence electrons. The zero-order valence-electron chi connectivity index (χ0n) is 11.5. The minimum Gasteiger partial charge on any atom is -0.381 e. The molecule has 2 aromatic carbocycles. The molecule has 1 unspecified atom stereocenters. The Kier molecular flexibility index (Phi) is 2.52. The van der Waals surface area contributed by atoms with Crippen LogP contribution in [0.5, 0.6) is 0 Å². The Morgan fingerprint density at radius 1 is 1.15 bits per heavy atom. The summed E-state index contributed by atoms with van der Waals surface area (Å²) in [6.45, 7) is 0. The third-order valence-electron chi connectivity index (χ3n) is 4.12. The fraction of sp³-hybridized carbons (Fsp3) is 0.235. The number of hydrogen-bond donors (Lipinski definition) is 1. The number of anilines is 1. The molecule has 1 aliphatic heterocycles. The molecule has 1 atom stereocenters. The zero-order chi connectivity index (χ0) is 13.5. The average molecular weight is 263 g/mol. The third kappa shape index (κ3) is 1.78. The molecule has 0 radical (unpaired) electrons. The van der Waals surface area contributed by atoms with Crippen molar-refractivity contribution in [3.8, 4) is 0 Å². The van der Waals surface area contributed by atoms with Crippen LogP contribution in [-0.4, -0.2) is 15.8 Å². The molecule has 0 fully saturated rings. The van der Waals surface area contributed by atoms with E-state index in [9.17, 15) is 0 Å². The first-order valence-corrected chi connectivity index (χ1v) is 7.06. The van der Waals surface area contributed by atoms with Crippen molar-refractivity contribution in [2.75, 3.05) is 5.32 Å². The highest BCUT2D eigenvalue weighted by Crippen LogP contribution is 2.28. The Labute approximate surface area is 118 Å². The monoisotopic (exact) mass is 263 g/mol. The van der Waals surface area contributed by atoms with E-state index < -0.39 is 0 Å². The molecule has 20 heavy (non-hydrogen) atoms.